The van der Waals surface area contributed by atoms with Crippen molar-refractivity contribution in [1.82, 2.24) is 14.3 Å². The Balaban J connectivity index is 1.92. The van der Waals surface area contributed by atoms with Crippen LogP contribution in [0, 0.1) is 12.8 Å². The van der Waals surface area contributed by atoms with Gasteiger partial charge in [0.05, 0.1) is 11.1 Å². The van der Waals surface area contributed by atoms with E-state index in [-0.39, 0.29) is 5.75 Å². The van der Waals surface area contributed by atoms with E-state index in [1.54, 1.807) is 22.6 Å². The van der Waals surface area contributed by atoms with Gasteiger partial charge in [0.2, 0.25) is 10.0 Å². The fraction of sp³-hybridized carbons (Fsp3) is 0.647. The Morgan fingerprint density at radius 2 is 1.88 bits per heavy atom. The molecule has 0 radical (unpaired) electrons. The number of fused-ring (bicyclic) bond motifs is 1. The largest absolute Gasteiger partial charge is 0.353 e. The van der Waals surface area contributed by atoms with Crippen LogP contribution in [-0.2, 0) is 16.4 Å². The highest BCUT2D eigenvalue weighted by Gasteiger charge is 2.27. The van der Waals surface area contributed by atoms with Crippen molar-refractivity contribution in [3.05, 3.63) is 16.8 Å². The molecule has 0 unspecified atom stereocenters. The van der Waals surface area contributed by atoms with Gasteiger partial charge in [-0.1, -0.05) is 13.8 Å². The quantitative estimate of drug-likeness (QED) is 0.795. The third-order valence-corrected chi connectivity index (χ3v) is 7.33. The molecule has 2 aromatic heterocycles. The molecule has 138 valence electrons. The Morgan fingerprint density at radius 3 is 2.48 bits per heavy atom. The van der Waals surface area contributed by atoms with Gasteiger partial charge in [-0.3, -0.25) is 0 Å². The van der Waals surface area contributed by atoms with Gasteiger partial charge >= 0.3 is 0 Å². The lowest BCUT2D eigenvalue weighted by Gasteiger charge is -2.35. The summed E-state index contributed by atoms with van der Waals surface area (Å²) >= 11 is 1.67. The minimum atomic E-state index is -3.11. The number of piperazine rings is 1. The maximum Gasteiger partial charge on any atom is 0.213 e. The van der Waals surface area contributed by atoms with Crippen LogP contribution in [0.15, 0.2) is 5.38 Å². The Morgan fingerprint density at radius 1 is 1.20 bits per heavy atom. The van der Waals surface area contributed by atoms with Crippen LogP contribution in [0.2, 0.25) is 0 Å². The number of nitrogens with zero attached hydrogens (tertiary/aromatic N) is 4. The van der Waals surface area contributed by atoms with Gasteiger partial charge in [0.15, 0.2) is 0 Å². The summed E-state index contributed by atoms with van der Waals surface area (Å²) in [6, 6.07) is 0. The fourth-order valence-electron chi connectivity index (χ4n) is 3.26. The minimum absolute atomic E-state index is 0.160. The molecule has 0 aromatic carbocycles. The monoisotopic (exact) mass is 382 g/mol. The highest BCUT2D eigenvalue weighted by Crippen LogP contribution is 2.34. The Hall–Kier alpha value is -1.25. The zero-order valence-electron chi connectivity index (χ0n) is 15.3. The summed E-state index contributed by atoms with van der Waals surface area (Å²) in [4.78, 5) is 12.6. The Labute approximate surface area is 153 Å². The van der Waals surface area contributed by atoms with E-state index >= 15 is 0 Å². The third kappa shape index (κ3) is 3.80. The van der Waals surface area contributed by atoms with Crippen molar-refractivity contribution in [2.24, 2.45) is 5.92 Å². The van der Waals surface area contributed by atoms with Gasteiger partial charge in [-0.05, 0) is 37.1 Å². The van der Waals surface area contributed by atoms with Crippen LogP contribution in [0.4, 0.5) is 5.82 Å². The summed E-state index contributed by atoms with van der Waals surface area (Å²) in [5, 5.41) is 3.34. The summed E-state index contributed by atoms with van der Waals surface area (Å²) < 4.78 is 25.8. The SMILES string of the molecule is CCS(=O)(=O)N1CCN(c2nc(C)nc3scc(CC(C)C)c23)CC1. The van der Waals surface area contributed by atoms with Crippen molar-refractivity contribution in [3.63, 3.8) is 0 Å². The predicted molar refractivity (Wildman–Crippen MR) is 104 cm³/mol. The molecule has 8 heteroatoms. The van der Waals surface area contributed by atoms with Crippen LogP contribution in [0.1, 0.15) is 32.2 Å². The van der Waals surface area contributed by atoms with Gasteiger partial charge in [-0.2, -0.15) is 4.31 Å². The molecule has 0 atom stereocenters. The normalized spacial score (nSPS) is 16.9. The van der Waals surface area contributed by atoms with Crippen molar-refractivity contribution in [2.75, 3.05) is 36.8 Å². The first-order valence-electron chi connectivity index (χ1n) is 8.79. The van der Waals surface area contributed by atoms with E-state index in [2.05, 4.69) is 29.1 Å². The van der Waals surface area contributed by atoms with E-state index in [1.807, 2.05) is 6.92 Å². The average molecular weight is 383 g/mol. The molecule has 3 heterocycles. The van der Waals surface area contributed by atoms with Crippen molar-refractivity contribution in [2.45, 2.75) is 34.1 Å². The average Bonchev–Trinajstić information content (AvgIpc) is 2.96. The highest BCUT2D eigenvalue weighted by atomic mass is 32.2. The molecule has 0 spiro atoms. The molecule has 1 saturated heterocycles. The molecular weight excluding hydrogens is 356 g/mol. The van der Waals surface area contributed by atoms with Crippen molar-refractivity contribution in [1.29, 1.82) is 0 Å². The van der Waals surface area contributed by atoms with Crippen LogP contribution in [0.5, 0.6) is 0 Å². The topological polar surface area (TPSA) is 66.4 Å². The molecule has 0 amide bonds. The molecule has 0 bridgehead atoms. The number of aryl methyl sites for hydroxylation is 1. The van der Waals surface area contributed by atoms with E-state index in [0.29, 0.717) is 32.1 Å². The zero-order chi connectivity index (χ0) is 18.2. The lowest BCUT2D eigenvalue weighted by Crippen LogP contribution is -2.49. The van der Waals surface area contributed by atoms with Gasteiger partial charge in [-0.25, -0.2) is 18.4 Å². The number of sulfonamides is 1. The second kappa shape index (κ2) is 7.17. The lowest BCUT2D eigenvalue weighted by atomic mass is 10.0. The van der Waals surface area contributed by atoms with Crippen molar-refractivity contribution < 1.29 is 8.42 Å². The molecule has 2 aromatic rings. The van der Waals surface area contributed by atoms with Crippen LogP contribution in [-0.4, -0.2) is 54.6 Å². The fourth-order valence-corrected chi connectivity index (χ4v) is 5.34. The Bertz CT molecular complexity index is 853. The van der Waals surface area contributed by atoms with E-state index in [9.17, 15) is 8.42 Å². The number of thiophene rings is 1. The number of hydrogen-bond acceptors (Lipinski definition) is 6. The molecule has 0 saturated carbocycles. The predicted octanol–water partition coefficient (Wildman–Crippen LogP) is 2.67. The number of aromatic nitrogens is 2. The summed E-state index contributed by atoms with van der Waals surface area (Å²) in [5.74, 6) is 2.46. The summed E-state index contributed by atoms with van der Waals surface area (Å²) in [5.41, 5.74) is 1.30. The van der Waals surface area contributed by atoms with E-state index in [0.717, 1.165) is 28.3 Å². The summed E-state index contributed by atoms with van der Waals surface area (Å²) in [6.07, 6.45) is 1.00. The first-order chi connectivity index (χ1) is 11.8. The molecule has 6 nitrogen and oxygen atoms in total. The second-order valence-electron chi connectivity index (χ2n) is 6.92. The van der Waals surface area contributed by atoms with E-state index < -0.39 is 10.0 Å². The zero-order valence-corrected chi connectivity index (χ0v) is 17.0. The molecule has 0 aliphatic carbocycles. The molecule has 1 fully saturated rings. The molecule has 1 aliphatic heterocycles. The second-order valence-corrected chi connectivity index (χ2v) is 10.0. The number of anilines is 1. The van der Waals surface area contributed by atoms with E-state index in [1.165, 1.54) is 5.56 Å². The number of rotatable bonds is 5. The minimum Gasteiger partial charge on any atom is -0.353 e. The van der Waals surface area contributed by atoms with Gasteiger partial charge in [0, 0.05) is 26.2 Å². The van der Waals surface area contributed by atoms with Crippen LogP contribution in [0.25, 0.3) is 10.2 Å². The maximum absolute atomic E-state index is 12.1. The van der Waals surface area contributed by atoms with Crippen LogP contribution in [0.3, 0.4) is 0 Å². The molecule has 1 aliphatic rings. The summed E-state index contributed by atoms with van der Waals surface area (Å²) in [7, 11) is -3.11. The van der Waals surface area contributed by atoms with E-state index in [4.69, 9.17) is 4.98 Å². The summed E-state index contributed by atoms with van der Waals surface area (Å²) in [6.45, 7) is 10.4. The van der Waals surface area contributed by atoms with Crippen molar-refractivity contribution >= 4 is 37.4 Å². The smallest absolute Gasteiger partial charge is 0.213 e. The standard InChI is InChI=1S/C17H26N4O2S2/c1-5-25(22,23)21-8-6-20(7-9-21)16-15-14(10-12(2)3)11-24-17(15)19-13(4)18-16/h11-12H,5-10H2,1-4H3. The maximum atomic E-state index is 12.1. The Kier molecular flexibility index (Phi) is 5.31. The van der Waals surface area contributed by atoms with Gasteiger partial charge in [0.1, 0.15) is 16.5 Å². The molecule has 25 heavy (non-hydrogen) atoms. The molecular formula is C17H26N4O2S2. The van der Waals surface area contributed by atoms with Crippen LogP contribution >= 0.6 is 11.3 Å². The third-order valence-electron chi connectivity index (χ3n) is 4.53. The van der Waals surface area contributed by atoms with Gasteiger partial charge in [0.25, 0.3) is 0 Å². The molecule has 0 N–H and O–H groups in total. The van der Waals surface area contributed by atoms with Crippen LogP contribution < -0.4 is 4.90 Å². The lowest BCUT2D eigenvalue weighted by molar-refractivity contribution is 0.384. The number of hydrogen-bond donors (Lipinski definition) is 0. The first-order valence-corrected chi connectivity index (χ1v) is 11.3. The van der Waals surface area contributed by atoms with Gasteiger partial charge < -0.3 is 4.90 Å². The highest BCUT2D eigenvalue weighted by molar-refractivity contribution is 7.89. The van der Waals surface area contributed by atoms with Gasteiger partial charge in [-0.15, -0.1) is 11.3 Å². The first kappa shape index (κ1) is 18.5. The molecule has 3 rings (SSSR count). The van der Waals surface area contributed by atoms with Crippen molar-refractivity contribution in [3.8, 4) is 0 Å².